The van der Waals surface area contributed by atoms with E-state index in [9.17, 15) is 9.59 Å². The highest BCUT2D eigenvalue weighted by Gasteiger charge is 2.34. The zero-order chi connectivity index (χ0) is 22.0. The Balaban J connectivity index is 1.41. The molecule has 0 atom stereocenters. The molecule has 1 N–H and O–H groups in total. The van der Waals surface area contributed by atoms with Gasteiger partial charge in [-0.1, -0.05) is 29.8 Å². The smallest absolute Gasteiger partial charge is 0.414 e. The monoisotopic (exact) mass is 442 g/mol. The molecule has 1 aromatic heterocycles. The number of ether oxygens (including phenoxy) is 1. The predicted octanol–water partition coefficient (Wildman–Crippen LogP) is 3.93. The topological polar surface area (TPSA) is 74.8 Å². The van der Waals surface area contributed by atoms with E-state index in [0.717, 1.165) is 48.6 Å². The molecule has 4 rings (SSSR count). The number of cyclic esters (lactones) is 1. The van der Waals surface area contributed by atoms with Crippen molar-refractivity contribution in [3.63, 3.8) is 0 Å². The maximum atomic E-state index is 12.5. The summed E-state index contributed by atoms with van der Waals surface area (Å²) < 4.78 is 5.38. The van der Waals surface area contributed by atoms with Crippen molar-refractivity contribution < 1.29 is 14.3 Å². The van der Waals surface area contributed by atoms with Crippen molar-refractivity contribution in [2.24, 2.45) is 0 Å². The number of nitrogens with one attached hydrogen (secondary N) is 1. The quantitative estimate of drug-likeness (QED) is 0.759. The lowest BCUT2D eigenvalue weighted by molar-refractivity contribution is -0.120. The van der Waals surface area contributed by atoms with Crippen LogP contribution in [0.5, 0.6) is 0 Å². The Labute approximate surface area is 187 Å². The van der Waals surface area contributed by atoms with E-state index < -0.39 is 0 Å². The summed E-state index contributed by atoms with van der Waals surface area (Å²) in [5.41, 5.74) is 2.76. The highest BCUT2D eigenvalue weighted by Crippen LogP contribution is 2.33. The Bertz CT molecular complexity index is 973. The summed E-state index contributed by atoms with van der Waals surface area (Å²) in [6.45, 7) is 5.65. The van der Waals surface area contributed by atoms with Crippen molar-refractivity contribution in [2.75, 3.05) is 22.9 Å². The number of piperidine rings is 1. The molecule has 1 saturated heterocycles. The fourth-order valence-corrected chi connectivity index (χ4v) is 4.52. The SMILES string of the molecule is CC(C)NC(=O)Cc1cnc(N2CCC(N3C(=O)OCc4ccccc43)CC2)c(Cl)c1. The standard InChI is InChI=1S/C23H27ClN4O3/c1-15(2)26-21(29)12-16-11-19(24)22(25-13-16)27-9-7-18(8-10-27)28-20-6-4-3-5-17(20)14-31-23(28)30/h3-6,11,13,15,18H,7-10,12,14H2,1-2H3,(H,26,29). The Morgan fingerprint density at radius 1 is 1.29 bits per heavy atom. The van der Waals surface area contributed by atoms with Crippen LogP contribution in [0.25, 0.3) is 0 Å². The van der Waals surface area contributed by atoms with Gasteiger partial charge in [0.1, 0.15) is 12.4 Å². The molecule has 3 heterocycles. The number of fused-ring (bicyclic) bond motifs is 1. The van der Waals surface area contributed by atoms with Crippen LogP contribution >= 0.6 is 11.6 Å². The van der Waals surface area contributed by atoms with E-state index in [0.29, 0.717) is 11.6 Å². The summed E-state index contributed by atoms with van der Waals surface area (Å²) in [4.78, 5) is 32.9. The van der Waals surface area contributed by atoms with Crippen LogP contribution in [0.1, 0.15) is 37.8 Å². The maximum Gasteiger partial charge on any atom is 0.414 e. The minimum atomic E-state index is -0.280. The molecule has 0 radical (unpaired) electrons. The van der Waals surface area contributed by atoms with E-state index in [1.807, 2.05) is 44.2 Å². The Kier molecular flexibility index (Phi) is 6.32. The van der Waals surface area contributed by atoms with E-state index in [-0.39, 0.29) is 30.5 Å². The number of aromatic nitrogens is 1. The number of hydrogen-bond acceptors (Lipinski definition) is 5. The summed E-state index contributed by atoms with van der Waals surface area (Å²) in [5.74, 6) is 0.671. The van der Waals surface area contributed by atoms with Crippen molar-refractivity contribution in [2.45, 2.75) is 51.8 Å². The van der Waals surface area contributed by atoms with Crippen molar-refractivity contribution in [3.05, 3.63) is 52.7 Å². The summed E-state index contributed by atoms with van der Waals surface area (Å²) in [6.07, 6.45) is 3.27. The minimum absolute atomic E-state index is 0.0462. The summed E-state index contributed by atoms with van der Waals surface area (Å²) >= 11 is 6.51. The molecular weight excluding hydrogens is 416 g/mol. The first kappa shape index (κ1) is 21.4. The molecule has 2 aliphatic rings. The van der Waals surface area contributed by atoms with E-state index >= 15 is 0 Å². The molecule has 0 bridgehead atoms. The molecule has 0 spiro atoms. The number of nitrogens with zero attached hydrogens (tertiary/aromatic N) is 3. The second-order valence-corrected chi connectivity index (χ2v) is 8.73. The average molecular weight is 443 g/mol. The zero-order valence-corrected chi connectivity index (χ0v) is 18.6. The highest BCUT2D eigenvalue weighted by molar-refractivity contribution is 6.33. The fourth-order valence-electron chi connectivity index (χ4n) is 4.21. The van der Waals surface area contributed by atoms with Crippen LogP contribution in [-0.4, -0.2) is 42.2 Å². The van der Waals surface area contributed by atoms with Gasteiger partial charge in [-0.3, -0.25) is 9.69 Å². The lowest BCUT2D eigenvalue weighted by atomic mass is 10.0. The van der Waals surface area contributed by atoms with E-state index in [2.05, 4.69) is 15.2 Å². The molecule has 2 aliphatic heterocycles. The van der Waals surface area contributed by atoms with Crippen molar-refractivity contribution in [1.82, 2.24) is 10.3 Å². The molecule has 1 fully saturated rings. The van der Waals surface area contributed by atoms with Crippen LogP contribution in [0.2, 0.25) is 5.02 Å². The number of pyridine rings is 1. The molecule has 1 aromatic carbocycles. The number of carbonyl (C=O) groups excluding carboxylic acids is 2. The molecule has 2 amide bonds. The van der Waals surface area contributed by atoms with Crippen molar-refractivity contribution in [1.29, 1.82) is 0 Å². The number of amides is 2. The fraction of sp³-hybridized carbons (Fsp3) is 0.435. The van der Waals surface area contributed by atoms with E-state index in [1.54, 1.807) is 11.1 Å². The van der Waals surface area contributed by atoms with Gasteiger partial charge in [0, 0.05) is 36.9 Å². The highest BCUT2D eigenvalue weighted by atomic mass is 35.5. The summed E-state index contributed by atoms with van der Waals surface area (Å²) in [6, 6.07) is 9.87. The van der Waals surface area contributed by atoms with Crippen LogP contribution < -0.4 is 15.1 Å². The van der Waals surface area contributed by atoms with Gasteiger partial charge >= 0.3 is 6.09 Å². The number of hydrogen-bond donors (Lipinski definition) is 1. The summed E-state index contributed by atoms with van der Waals surface area (Å²) in [7, 11) is 0. The third-order valence-electron chi connectivity index (χ3n) is 5.62. The first-order valence-electron chi connectivity index (χ1n) is 10.6. The molecule has 8 heteroatoms. The number of anilines is 2. The third-order valence-corrected chi connectivity index (χ3v) is 5.90. The van der Waals surface area contributed by atoms with Gasteiger partial charge in [0.15, 0.2) is 0 Å². The minimum Gasteiger partial charge on any atom is -0.444 e. The van der Waals surface area contributed by atoms with Gasteiger partial charge in [0.25, 0.3) is 0 Å². The van der Waals surface area contributed by atoms with Crippen LogP contribution in [0.4, 0.5) is 16.3 Å². The molecule has 31 heavy (non-hydrogen) atoms. The van der Waals surface area contributed by atoms with Gasteiger partial charge < -0.3 is 15.0 Å². The van der Waals surface area contributed by atoms with Crippen LogP contribution in [-0.2, 0) is 22.6 Å². The first-order valence-corrected chi connectivity index (χ1v) is 11.0. The number of carbonyl (C=O) groups is 2. The van der Waals surface area contributed by atoms with E-state index in [1.165, 1.54) is 0 Å². The molecule has 0 saturated carbocycles. The summed E-state index contributed by atoms with van der Waals surface area (Å²) in [5, 5.41) is 3.41. The lowest BCUT2D eigenvalue weighted by Crippen LogP contribution is -2.49. The van der Waals surface area contributed by atoms with Gasteiger partial charge in [-0.2, -0.15) is 0 Å². The van der Waals surface area contributed by atoms with Crippen LogP contribution in [0.3, 0.4) is 0 Å². The Hall–Kier alpha value is -2.80. The lowest BCUT2D eigenvalue weighted by Gasteiger charge is -2.40. The largest absolute Gasteiger partial charge is 0.444 e. The molecule has 2 aromatic rings. The number of para-hydroxylation sites is 1. The molecule has 7 nitrogen and oxygen atoms in total. The number of halogens is 1. The third kappa shape index (κ3) is 4.77. The van der Waals surface area contributed by atoms with Gasteiger partial charge in [0.05, 0.1) is 17.1 Å². The first-order chi connectivity index (χ1) is 14.9. The number of rotatable bonds is 5. The second kappa shape index (κ2) is 9.14. The predicted molar refractivity (Wildman–Crippen MR) is 121 cm³/mol. The van der Waals surface area contributed by atoms with E-state index in [4.69, 9.17) is 16.3 Å². The maximum absolute atomic E-state index is 12.5. The number of benzene rings is 1. The van der Waals surface area contributed by atoms with Gasteiger partial charge in [-0.05, 0) is 44.4 Å². The molecule has 164 valence electrons. The van der Waals surface area contributed by atoms with Gasteiger partial charge in [0.2, 0.25) is 5.91 Å². The van der Waals surface area contributed by atoms with Gasteiger partial charge in [-0.15, -0.1) is 0 Å². The van der Waals surface area contributed by atoms with Gasteiger partial charge in [-0.25, -0.2) is 9.78 Å². The normalized spacial score (nSPS) is 16.8. The molecule has 0 aliphatic carbocycles. The Morgan fingerprint density at radius 3 is 2.74 bits per heavy atom. The molecule has 0 unspecified atom stereocenters. The Morgan fingerprint density at radius 2 is 2.03 bits per heavy atom. The van der Waals surface area contributed by atoms with Crippen LogP contribution in [0, 0.1) is 0 Å². The zero-order valence-electron chi connectivity index (χ0n) is 17.8. The van der Waals surface area contributed by atoms with Crippen molar-refractivity contribution >= 4 is 35.1 Å². The second-order valence-electron chi connectivity index (χ2n) is 8.32. The van der Waals surface area contributed by atoms with Crippen molar-refractivity contribution in [3.8, 4) is 0 Å². The average Bonchev–Trinajstić information content (AvgIpc) is 2.73. The van der Waals surface area contributed by atoms with Crippen LogP contribution in [0.15, 0.2) is 36.5 Å². The molecular formula is C23H27ClN4O3.